The number of methoxy groups -OCH3 is 1. The Kier molecular flexibility index (Phi) is 3.82. The summed E-state index contributed by atoms with van der Waals surface area (Å²) in [4.78, 5) is 0. The van der Waals surface area contributed by atoms with Gasteiger partial charge in [-0.25, -0.2) is 0 Å². The minimum atomic E-state index is -0.306. The largest absolute Gasteiger partial charge is 0.381 e. The van der Waals surface area contributed by atoms with Gasteiger partial charge in [-0.05, 0) is 25.3 Å². The molecule has 3 nitrogen and oxygen atoms in total. The van der Waals surface area contributed by atoms with Crippen molar-refractivity contribution < 1.29 is 4.74 Å². The smallest absolute Gasteiger partial charge is 0.0601 e. The van der Waals surface area contributed by atoms with Gasteiger partial charge in [0.2, 0.25) is 0 Å². The number of hydrogen-bond donors (Lipinski definition) is 2. The molecule has 0 amide bonds. The van der Waals surface area contributed by atoms with Gasteiger partial charge >= 0.3 is 0 Å². The third-order valence-corrected chi connectivity index (χ3v) is 3.62. The Bertz CT molecular complexity index is 344. The van der Waals surface area contributed by atoms with Crippen molar-refractivity contribution >= 4 is 0 Å². The predicted octanol–water partition coefficient (Wildman–Crippen LogP) is 1.63. The van der Waals surface area contributed by atoms with E-state index in [9.17, 15) is 0 Å². The first-order valence-corrected chi connectivity index (χ1v) is 6.22. The Balaban J connectivity index is 1.82. The SMILES string of the molecule is COC1CC(NCC(C)(N)c2ccccc2)C1. The van der Waals surface area contributed by atoms with Crippen molar-refractivity contribution in [2.45, 2.75) is 37.5 Å². The molecule has 1 aromatic rings. The van der Waals surface area contributed by atoms with Crippen LogP contribution in [0.15, 0.2) is 30.3 Å². The first kappa shape index (κ1) is 12.6. The van der Waals surface area contributed by atoms with Gasteiger partial charge in [0.05, 0.1) is 11.6 Å². The van der Waals surface area contributed by atoms with Crippen LogP contribution in [0.4, 0.5) is 0 Å². The number of hydrogen-bond acceptors (Lipinski definition) is 3. The van der Waals surface area contributed by atoms with Crippen LogP contribution < -0.4 is 11.1 Å². The summed E-state index contributed by atoms with van der Waals surface area (Å²) in [6, 6.07) is 10.8. The second-order valence-electron chi connectivity index (χ2n) is 5.19. The number of ether oxygens (including phenoxy) is 1. The molecule has 2 rings (SSSR count). The standard InChI is InChI=1S/C14H22N2O/c1-14(15,11-6-4-3-5-7-11)10-16-12-8-13(9-12)17-2/h3-7,12-13,16H,8-10,15H2,1-2H3. The van der Waals surface area contributed by atoms with E-state index < -0.39 is 0 Å². The van der Waals surface area contributed by atoms with Crippen molar-refractivity contribution in [3.05, 3.63) is 35.9 Å². The molecular formula is C14H22N2O. The molecule has 0 aromatic heterocycles. The summed E-state index contributed by atoms with van der Waals surface area (Å²) >= 11 is 0. The first-order valence-electron chi connectivity index (χ1n) is 6.22. The molecule has 0 bridgehead atoms. The Morgan fingerprint density at radius 3 is 2.59 bits per heavy atom. The van der Waals surface area contributed by atoms with Crippen LogP contribution in [-0.4, -0.2) is 25.8 Å². The molecule has 1 saturated carbocycles. The molecule has 1 unspecified atom stereocenters. The summed E-state index contributed by atoms with van der Waals surface area (Å²) < 4.78 is 5.26. The highest BCUT2D eigenvalue weighted by atomic mass is 16.5. The van der Waals surface area contributed by atoms with Crippen molar-refractivity contribution in [1.82, 2.24) is 5.32 Å². The van der Waals surface area contributed by atoms with Gasteiger partial charge in [0, 0.05) is 19.7 Å². The first-order chi connectivity index (χ1) is 8.12. The lowest BCUT2D eigenvalue weighted by molar-refractivity contribution is 0.0161. The summed E-state index contributed by atoms with van der Waals surface area (Å²) in [7, 11) is 1.78. The zero-order valence-electron chi connectivity index (χ0n) is 10.6. The molecule has 0 aliphatic heterocycles. The van der Waals surface area contributed by atoms with Crippen LogP contribution in [0.5, 0.6) is 0 Å². The Morgan fingerprint density at radius 2 is 2.00 bits per heavy atom. The molecule has 0 heterocycles. The van der Waals surface area contributed by atoms with Gasteiger partial charge in [-0.3, -0.25) is 0 Å². The fourth-order valence-corrected chi connectivity index (χ4v) is 2.20. The molecule has 1 fully saturated rings. The van der Waals surface area contributed by atoms with E-state index in [-0.39, 0.29) is 5.54 Å². The lowest BCUT2D eigenvalue weighted by atomic mass is 9.87. The highest BCUT2D eigenvalue weighted by Gasteiger charge is 2.30. The maximum absolute atomic E-state index is 6.34. The molecule has 17 heavy (non-hydrogen) atoms. The highest BCUT2D eigenvalue weighted by molar-refractivity contribution is 5.23. The van der Waals surface area contributed by atoms with Gasteiger partial charge < -0.3 is 15.8 Å². The molecule has 0 spiro atoms. The maximum atomic E-state index is 6.34. The summed E-state index contributed by atoms with van der Waals surface area (Å²) in [5, 5.41) is 3.52. The van der Waals surface area contributed by atoms with Gasteiger partial charge in [-0.2, -0.15) is 0 Å². The monoisotopic (exact) mass is 234 g/mol. The zero-order chi connectivity index (χ0) is 12.3. The Hall–Kier alpha value is -0.900. The van der Waals surface area contributed by atoms with Gasteiger partial charge in [0.1, 0.15) is 0 Å². The van der Waals surface area contributed by atoms with Gasteiger partial charge in [0.15, 0.2) is 0 Å². The van der Waals surface area contributed by atoms with Crippen LogP contribution in [-0.2, 0) is 10.3 Å². The van der Waals surface area contributed by atoms with Crippen LogP contribution in [0.2, 0.25) is 0 Å². The van der Waals surface area contributed by atoms with E-state index in [1.54, 1.807) is 7.11 Å². The second kappa shape index (κ2) is 5.17. The third-order valence-electron chi connectivity index (χ3n) is 3.62. The molecule has 3 heteroatoms. The number of rotatable bonds is 5. The zero-order valence-corrected chi connectivity index (χ0v) is 10.6. The van der Waals surface area contributed by atoms with Crippen LogP contribution >= 0.6 is 0 Å². The lowest BCUT2D eigenvalue weighted by Crippen LogP contribution is -2.52. The number of nitrogens with two attached hydrogens (primary N) is 1. The Morgan fingerprint density at radius 1 is 1.35 bits per heavy atom. The fourth-order valence-electron chi connectivity index (χ4n) is 2.20. The normalized spacial score (nSPS) is 27.2. The molecular weight excluding hydrogens is 212 g/mol. The summed E-state index contributed by atoms with van der Waals surface area (Å²) in [6.45, 7) is 2.87. The number of benzene rings is 1. The number of nitrogens with one attached hydrogen (secondary N) is 1. The van der Waals surface area contributed by atoms with Crippen LogP contribution in [0.3, 0.4) is 0 Å². The molecule has 1 atom stereocenters. The topological polar surface area (TPSA) is 47.3 Å². The van der Waals surface area contributed by atoms with Gasteiger partial charge in [0.25, 0.3) is 0 Å². The molecule has 1 aliphatic rings. The Labute approximate surface area is 103 Å². The molecule has 1 aliphatic carbocycles. The second-order valence-corrected chi connectivity index (χ2v) is 5.19. The molecule has 3 N–H and O–H groups in total. The van der Waals surface area contributed by atoms with E-state index >= 15 is 0 Å². The van der Waals surface area contributed by atoms with Crippen molar-refractivity contribution in [2.75, 3.05) is 13.7 Å². The molecule has 94 valence electrons. The van der Waals surface area contributed by atoms with E-state index in [0.717, 1.165) is 19.4 Å². The van der Waals surface area contributed by atoms with Gasteiger partial charge in [-0.1, -0.05) is 30.3 Å². The van der Waals surface area contributed by atoms with Crippen molar-refractivity contribution in [3.8, 4) is 0 Å². The minimum Gasteiger partial charge on any atom is -0.381 e. The third kappa shape index (κ3) is 3.06. The highest BCUT2D eigenvalue weighted by Crippen LogP contribution is 2.24. The van der Waals surface area contributed by atoms with E-state index in [4.69, 9.17) is 10.5 Å². The van der Waals surface area contributed by atoms with E-state index in [2.05, 4.69) is 24.4 Å². The van der Waals surface area contributed by atoms with Crippen molar-refractivity contribution in [1.29, 1.82) is 0 Å². The lowest BCUT2D eigenvalue weighted by Gasteiger charge is -2.37. The van der Waals surface area contributed by atoms with E-state index in [1.807, 2.05) is 18.2 Å². The van der Waals surface area contributed by atoms with Crippen LogP contribution in [0.1, 0.15) is 25.3 Å². The van der Waals surface area contributed by atoms with E-state index in [1.165, 1.54) is 5.56 Å². The maximum Gasteiger partial charge on any atom is 0.0601 e. The van der Waals surface area contributed by atoms with E-state index in [0.29, 0.717) is 12.1 Å². The minimum absolute atomic E-state index is 0.306. The summed E-state index contributed by atoms with van der Waals surface area (Å²) in [6.07, 6.45) is 2.64. The predicted molar refractivity (Wildman–Crippen MR) is 69.8 cm³/mol. The van der Waals surface area contributed by atoms with Gasteiger partial charge in [-0.15, -0.1) is 0 Å². The average Bonchev–Trinajstić information content (AvgIpc) is 2.28. The molecule has 0 radical (unpaired) electrons. The van der Waals surface area contributed by atoms with Crippen molar-refractivity contribution in [2.24, 2.45) is 5.73 Å². The average molecular weight is 234 g/mol. The van der Waals surface area contributed by atoms with Crippen LogP contribution in [0.25, 0.3) is 0 Å². The van der Waals surface area contributed by atoms with Crippen molar-refractivity contribution in [3.63, 3.8) is 0 Å². The molecule has 0 saturated heterocycles. The van der Waals surface area contributed by atoms with Crippen LogP contribution in [0, 0.1) is 0 Å². The quantitative estimate of drug-likeness (QED) is 0.814. The summed E-state index contributed by atoms with van der Waals surface area (Å²) in [5.74, 6) is 0. The fraction of sp³-hybridized carbons (Fsp3) is 0.571. The summed E-state index contributed by atoms with van der Waals surface area (Å²) in [5.41, 5.74) is 7.21. The molecule has 1 aromatic carbocycles.